The topological polar surface area (TPSA) is 77.8 Å². The van der Waals surface area contributed by atoms with Gasteiger partial charge >= 0.3 is 0 Å². The molecule has 1 aromatic carbocycles. The molecule has 0 unspecified atom stereocenters. The van der Waals surface area contributed by atoms with Gasteiger partial charge in [-0.15, -0.1) is 0 Å². The number of carbonyl (C=O) groups is 1. The molecule has 5 nitrogen and oxygen atoms in total. The van der Waals surface area contributed by atoms with E-state index in [1.807, 2.05) is 24.3 Å². The van der Waals surface area contributed by atoms with Crippen LogP contribution in [-0.4, -0.2) is 24.0 Å². The largest absolute Gasteiger partial charge is 0.368 e. The third-order valence-electron chi connectivity index (χ3n) is 3.52. The molecular weight excluding hydrogens is 264 g/mol. The number of nitrogens with zero attached hydrogens (tertiary/aromatic N) is 2. The molecule has 0 radical (unpaired) electrons. The first-order valence-corrected chi connectivity index (χ1v) is 7.09. The van der Waals surface area contributed by atoms with Gasteiger partial charge in [-0.3, -0.25) is 4.79 Å². The number of aromatic nitrogens is 1. The average Bonchev–Trinajstić information content (AvgIpc) is 3.35. The van der Waals surface area contributed by atoms with Gasteiger partial charge in [-0.25, -0.2) is 4.98 Å². The summed E-state index contributed by atoms with van der Waals surface area (Å²) in [4.78, 5) is 16.0. The molecule has 106 valence electrons. The maximum atomic E-state index is 11.5. The van der Waals surface area contributed by atoms with Crippen molar-refractivity contribution in [3.8, 4) is 6.07 Å². The molecule has 0 saturated heterocycles. The molecule has 0 aliphatic heterocycles. The number of benzene rings is 1. The van der Waals surface area contributed by atoms with Crippen LogP contribution in [0.5, 0.6) is 0 Å². The highest BCUT2D eigenvalue weighted by Gasteiger charge is 2.28. The first-order chi connectivity index (χ1) is 10.3. The number of anilines is 1. The summed E-state index contributed by atoms with van der Waals surface area (Å²) in [6, 6.07) is 11.5. The number of pyridine rings is 1. The van der Waals surface area contributed by atoms with Gasteiger partial charge in [0.25, 0.3) is 0 Å². The van der Waals surface area contributed by atoms with Gasteiger partial charge in [0.2, 0.25) is 5.91 Å². The van der Waals surface area contributed by atoms with Crippen LogP contribution in [0.15, 0.2) is 30.3 Å². The number of fused-ring (bicyclic) bond motifs is 1. The van der Waals surface area contributed by atoms with Crippen molar-refractivity contribution in [1.29, 1.82) is 5.26 Å². The molecule has 0 bridgehead atoms. The van der Waals surface area contributed by atoms with E-state index in [9.17, 15) is 10.1 Å². The Morgan fingerprint density at radius 2 is 2.14 bits per heavy atom. The zero-order valence-corrected chi connectivity index (χ0v) is 11.6. The summed E-state index contributed by atoms with van der Waals surface area (Å²) in [7, 11) is 0. The minimum absolute atomic E-state index is 0.140. The van der Waals surface area contributed by atoms with Crippen LogP contribution in [-0.2, 0) is 4.79 Å². The fourth-order valence-corrected chi connectivity index (χ4v) is 2.22. The number of nitrogens with one attached hydrogen (secondary N) is 2. The molecular formula is C16H16N4O. The number of rotatable bonds is 5. The van der Waals surface area contributed by atoms with Crippen LogP contribution >= 0.6 is 0 Å². The van der Waals surface area contributed by atoms with Gasteiger partial charge in [-0.05, 0) is 25.0 Å². The predicted molar refractivity (Wildman–Crippen MR) is 80.7 cm³/mol. The molecule has 2 N–H and O–H groups in total. The molecule has 1 amide bonds. The normalized spacial score (nSPS) is 13.7. The molecule has 5 heteroatoms. The van der Waals surface area contributed by atoms with Gasteiger partial charge in [0.15, 0.2) is 0 Å². The van der Waals surface area contributed by atoms with Gasteiger partial charge < -0.3 is 10.6 Å². The SMILES string of the molecule is N#Cc1cc(NCCNC(=O)C2CC2)nc2ccccc12. The number of hydrogen-bond donors (Lipinski definition) is 2. The fraction of sp³-hybridized carbons (Fsp3) is 0.312. The van der Waals surface area contributed by atoms with E-state index in [2.05, 4.69) is 21.7 Å². The van der Waals surface area contributed by atoms with E-state index in [0.717, 1.165) is 23.7 Å². The van der Waals surface area contributed by atoms with Crippen molar-refractivity contribution in [2.45, 2.75) is 12.8 Å². The highest BCUT2D eigenvalue weighted by atomic mass is 16.2. The second-order valence-electron chi connectivity index (χ2n) is 5.18. The second-order valence-corrected chi connectivity index (χ2v) is 5.18. The van der Waals surface area contributed by atoms with Crippen LogP contribution in [0.2, 0.25) is 0 Å². The zero-order valence-electron chi connectivity index (χ0n) is 11.6. The lowest BCUT2D eigenvalue weighted by Gasteiger charge is -2.09. The van der Waals surface area contributed by atoms with Crippen molar-refractivity contribution in [2.75, 3.05) is 18.4 Å². The third kappa shape index (κ3) is 3.11. The van der Waals surface area contributed by atoms with E-state index >= 15 is 0 Å². The summed E-state index contributed by atoms with van der Waals surface area (Å²) >= 11 is 0. The summed E-state index contributed by atoms with van der Waals surface area (Å²) in [5.41, 5.74) is 1.39. The monoisotopic (exact) mass is 280 g/mol. The van der Waals surface area contributed by atoms with Crippen LogP contribution in [0.1, 0.15) is 18.4 Å². The van der Waals surface area contributed by atoms with Crippen molar-refractivity contribution in [1.82, 2.24) is 10.3 Å². The quantitative estimate of drug-likeness (QED) is 0.822. The molecule has 0 atom stereocenters. The van der Waals surface area contributed by atoms with Crippen LogP contribution in [0.4, 0.5) is 5.82 Å². The second kappa shape index (κ2) is 5.80. The summed E-state index contributed by atoms with van der Waals surface area (Å²) in [5.74, 6) is 1.03. The van der Waals surface area contributed by atoms with Crippen LogP contribution in [0.25, 0.3) is 10.9 Å². The number of carbonyl (C=O) groups excluding carboxylic acids is 1. The Morgan fingerprint density at radius 1 is 1.33 bits per heavy atom. The fourth-order valence-electron chi connectivity index (χ4n) is 2.22. The van der Waals surface area contributed by atoms with Crippen molar-refractivity contribution >= 4 is 22.6 Å². The van der Waals surface area contributed by atoms with Crippen molar-refractivity contribution in [3.63, 3.8) is 0 Å². The van der Waals surface area contributed by atoms with Crippen LogP contribution in [0.3, 0.4) is 0 Å². The van der Waals surface area contributed by atoms with E-state index in [1.165, 1.54) is 0 Å². The molecule has 1 aliphatic rings. The minimum atomic E-state index is 0.140. The van der Waals surface area contributed by atoms with E-state index in [0.29, 0.717) is 24.5 Å². The molecule has 1 aromatic heterocycles. The molecule has 1 saturated carbocycles. The Bertz CT molecular complexity index is 716. The minimum Gasteiger partial charge on any atom is -0.368 e. The molecule has 1 heterocycles. The van der Waals surface area contributed by atoms with E-state index in [4.69, 9.17) is 0 Å². The van der Waals surface area contributed by atoms with E-state index < -0.39 is 0 Å². The summed E-state index contributed by atoms with van der Waals surface area (Å²) in [5, 5.41) is 16.1. The predicted octanol–water partition coefficient (Wildman–Crippen LogP) is 2.04. The van der Waals surface area contributed by atoms with Crippen molar-refractivity contribution in [2.24, 2.45) is 5.92 Å². The van der Waals surface area contributed by atoms with Gasteiger partial charge in [0.05, 0.1) is 17.1 Å². The zero-order chi connectivity index (χ0) is 14.7. The molecule has 21 heavy (non-hydrogen) atoms. The number of para-hydroxylation sites is 1. The summed E-state index contributed by atoms with van der Waals surface area (Å²) in [6.07, 6.45) is 2.02. The Kier molecular flexibility index (Phi) is 3.69. The van der Waals surface area contributed by atoms with Gasteiger partial charge in [0, 0.05) is 24.4 Å². The first-order valence-electron chi connectivity index (χ1n) is 7.09. The highest BCUT2D eigenvalue weighted by molar-refractivity contribution is 5.86. The lowest BCUT2D eigenvalue weighted by Crippen LogP contribution is -2.29. The maximum absolute atomic E-state index is 11.5. The molecule has 1 aliphatic carbocycles. The van der Waals surface area contributed by atoms with E-state index in [1.54, 1.807) is 6.07 Å². The molecule has 1 fully saturated rings. The van der Waals surface area contributed by atoms with Crippen molar-refractivity contribution < 1.29 is 4.79 Å². The summed E-state index contributed by atoms with van der Waals surface area (Å²) in [6.45, 7) is 1.15. The maximum Gasteiger partial charge on any atom is 0.223 e. The van der Waals surface area contributed by atoms with Crippen LogP contribution in [0, 0.1) is 17.2 Å². The average molecular weight is 280 g/mol. The van der Waals surface area contributed by atoms with Crippen molar-refractivity contribution in [3.05, 3.63) is 35.9 Å². The summed E-state index contributed by atoms with van der Waals surface area (Å²) < 4.78 is 0. The number of nitriles is 1. The van der Waals surface area contributed by atoms with Gasteiger partial charge in [-0.2, -0.15) is 5.26 Å². The lowest BCUT2D eigenvalue weighted by molar-refractivity contribution is -0.122. The molecule has 2 aromatic rings. The first kappa shape index (κ1) is 13.4. The van der Waals surface area contributed by atoms with Gasteiger partial charge in [0.1, 0.15) is 5.82 Å². The van der Waals surface area contributed by atoms with E-state index in [-0.39, 0.29) is 11.8 Å². The molecule has 3 rings (SSSR count). The Morgan fingerprint density at radius 3 is 2.90 bits per heavy atom. The Hall–Kier alpha value is -2.61. The number of amides is 1. The lowest BCUT2D eigenvalue weighted by atomic mass is 10.1. The Balaban J connectivity index is 1.64. The Labute approximate surface area is 123 Å². The number of hydrogen-bond acceptors (Lipinski definition) is 4. The van der Waals surface area contributed by atoms with Gasteiger partial charge in [-0.1, -0.05) is 18.2 Å². The molecule has 0 spiro atoms. The highest BCUT2D eigenvalue weighted by Crippen LogP contribution is 2.28. The third-order valence-corrected chi connectivity index (χ3v) is 3.52. The smallest absolute Gasteiger partial charge is 0.223 e. The standard InChI is InChI=1S/C16H16N4O/c17-10-12-9-15(20-14-4-2-1-3-13(12)14)18-7-8-19-16(21)11-5-6-11/h1-4,9,11H,5-8H2,(H,18,20)(H,19,21). The van der Waals surface area contributed by atoms with Crippen LogP contribution < -0.4 is 10.6 Å².